The van der Waals surface area contributed by atoms with Gasteiger partial charge in [-0.2, -0.15) is 0 Å². The molecule has 0 spiro atoms. The topological polar surface area (TPSA) is 6.48 Å². The number of nitrogens with zero attached hydrogens (tertiary/aromatic N) is 2. The van der Waals surface area contributed by atoms with Crippen LogP contribution in [-0.4, -0.2) is 49.6 Å². The summed E-state index contributed by atoms with van der Waals surface area (Å²) in [5.74, 6) is 2.55. The molecule has 61 valence electrons. The Morgan fingerprint density at radius 3 is 2.55 bits per heavy atom. The van der Waals surface area contributed by atoms with Crippen LogP contribution in [0.15, 0.2) is 0 Å². The molecule has 0 aromatic heterocycles. The molecule has 0 bridgehead atoms. The van der Waals surface area contributed by atoms with Gasteiger partial charge >= 0.3 is 0 Å². The van der Waals surface area contributed by atoms with Crippen molar-refractivity contribution >= 4 is 0 Å². The summed E-state index contributed by atoms with van der Waals surface area (Å²) in [7, 11) is 2.15. The van der Waals surface area contributed by atoms with Crippen LogP contribution >= 0.6 is 0 Å². The molecule has 0 saturated carbocycles. The summed E-state index contributed by atoms with van der Waals surface area (Å²) in [4.78, 5) is 4.71. The summed E-state index contributed by atoms with van der Waals surface area (Å²) in [6, 6.07) is 0. The lowest BCUT2D eigenvalue weighted by Gasteiger charge is -2.31. The molecule has 1 aliphatic rings. The second-order valence-electron chi connectivity index (χ2n) is 2.97. The van der Waals surface area contributed by atoms with E-state index < -0.39 is 0 Å². The van der Waals surface area contributed by atoms with Crippen molar-refractivity contribution < 1.29 is 0 Å². The zero-order valence-corrected chi connectivity index (χ0v) is 7.08. The molecular weight excluding hydrogens is 136 g/mol. The molecule has 2 nitrogen and oxygen atoms in total. The van der Waals surface area contributed by atoms with Crippen molar-refractivity contribution in [3.8, 4) is 12.3 Å². The summed E-state index contributed by atoms with van der Waals surface area (Å²) in [5, 5.41) is 0. The van der Waals surface area contributed by atoms with Gasteiger partial charge in [-0.25, -0.2) is 0 Å². The minimum Gasteiger partial charge on any atom is -0.304 e. The Kier molecular flexibility index (Phi) is 3.41. The Labute approximate surface area is 69.2 Å². The molecule has 11 heavy (non-hydrogen) atoms. The molecule has 0 aliphatic carbocycles. The maximum Gasteiger partial charge on any atom is 0.0477 e. The molecule has 1 rings (SSSR count). The second kappa shape index (κ2) is 4.38. The summed E-state index contributed by atoms with van der Waals surface area (Å²) in [6.45, 7) is 5.57. The largest absolute Gasteiger partial charge is 0.304 e. The summed E-state index contributed by atoms with van der Waals surface area (Å²) in [6.07, 6.45) is 7.01. The molecule has 1 fully saturated rings. The van der Waals surface area contributed by atoms with Gasteiger partial charge in [-0.15, -0.1) is 12.3 Å². The van der Waals surface area contributed by atoms with E-state index in [4.69, 9.17) is 6.42 Å². The number of likely N-dealkylation sites (N-methyl/N-ethyl adjacent to an activating group) is 1. The maximum atomic E-state index is 5.13. The lowest BCUT2D eigenvalue weighted by atomic mass is 10.3. The predicted molar refractivity (Wildman–Crippen MR) is 47.1 cm³/mol. The van der Waals surface area contributed by atoms with Gasteiger partial charge in [0, 0.05) is 39.1 Å². The zero-order valence-electron chi connectivity index (χ0n) is 7.08. The van der Waals surface area contributed by atoms with Crippen LogP contribution in [0, 0.1) is 18.8 Å². The molecule has 0 aromatic carbocycles. The van der Waals surface area contributed by atoms with E-state index in [9.17, 15) is 0 Å². The summed E-state index contributed by atoms with van der Waals surface area (Å²) >= 11 is 0. The molecule has 0 atom stereocenters. The van der Waals surface area contributed by atoms with E-state index in [-0.39, 0.29) is 0 Å². The van der Waals surface area contributed by atoms with Crippen molar-refractivity contribution in [2.24, 2.45) is 0 Å². The zero-order chi connectivity index (χ0) is 8.10. The van der Waals surface area contributed by atoms with Crippen LogP contribution in [-0.2, 0) is 0 Å². The Balaban J connectivity index is 2.13. The molecule has 0 N–H and O–H groups in total. The normalized spacial score (nSPS) is 21.5. The number of piperazine rings is 1. The average molecular weight is 151 g/mol. The van der Waals surface area contributed by atoms with Crippen molar-refractivity contribution in [3.63, 3.8) is 0 Å². The Hall–Kier alpha value is -0.520. The minimum absolute atomic E-state index is 0.949. The quantitative estimate of drug-likeness (QED) is 0.515. The highest BCUT2D eigenvalue weighted by Crippen LogP contribution is 1.98. The van der Waals surface area contributed by atoms with Crippen molar-refractivity contribution in [1.82, 2.24) is 9.80 Å². The maximum absolute atomic E-state index is 5.13. The van der Waals surface area contributed by atoms with Gasteiger partial charge in [0.15, 0.2) is 0 Å². The fourth-order valence-corrected chi connectivity index (χ4v) is 1.21. The van der Waals surface area contributed by atoms with Gasteiger partial charge in [0.05, 0.1) is 0 Å². The van der Waals surface area contributed by atoms with Crippen molar-refractivity contribution in [1.29, 1.82) is 0 Å². The number of hydrogen-bond donors (Lipinski definition) is 0. The lowest BCUT2D eigenvalue weighted by molar-refractivity contribution is 0.164. The summed E-state index contributed by atoms with van der Waals surface area (Å²) in [5.41, 5.74) is 0. The SMILES string of the molecule is C#C[CH]CN1CCN(C)CC1. The van der Waals surface area contributed by atoms with E-state index >= 15 is 0 Å². The molecule has 0 amide bonds. The highest BCUT2D eigenvalue weighted by atomic mass is 15.2. The van der Waals surface area contributed by atoms with Crippen LogP contribution in [0.2, 0.25) is 0 Å². The van der Waals surface area contributed by atoms with Crippen LogP contribution < -0.4 is 0 Å². The lowest BCUT2D eigenvalue weighted by Crippen LogP contribution is -2.44. The monoisotopic (exact) mass is 151 g/mol. The molecule has 1 radical (unpaired) electrons. The van der Waals surface area contributed by atoms with E-state index in [2.05, 4.69) is 22.8 Å². The van der Waals surface area contributed by atoms with E-state index in [0.29, 0.717) is 0 Å². The average Bonchev–Trinajstić information content (AvgIpc) is 2.04. The molecule has 1 saturated heterocycles. The number of terminal acetylenes is 1. The minimum atomic E-state index is 0.949. The van der Waals surface area contributed by atoms with Crippen LogP contribution in [0.25, 0.3) is 0 Å². The van der Waals surface area contributed by atoms with Gasteiger partial charge in [-0.3, -0.25) is 4.90 Å². The van der Waals surface area contributed by atoms with Crippen molar-refractivity contribution in [2.45, 2.75) is 0 Å². The van der Waals surface area contributed by atoms with Crippen LogP contribution in [0.1, 0.15) is 0 Å². The predicted octanol–water partition coefficient (Wildman–Crippen LogP) is 0.0713. The molecule has 0 aromatic rings. The smallest absolute Gasteiger partial charge is 0.0477 e. The number of hydrogen-bond acceptors (Lipinski definition) is 2. The van der Waals surface area contributed by atoms with E-state index in [1.54, 1.807) is 0 Å². The van der Waals surface area contributed by atoms with Gasteiger partial charge in [-0.1, -0.05) is 0 Å². The molecule has 1 heterocycles. The molecular formula is C9H15N2. The fraction of sp³-hybridized carbons (Fsp3) is 0.667. The first-order chi connectivity index (χ1) is 5.33. The van der Waals surface area contributed by atoms with E-state index in [1.165, 1.54) is 13.1 Å². The van der Waals surface area contributed by atoms with Crippen LogP contribution in [0.3, 0.4) is 0 Å². The Bertz CT molecular complexity index is 140. The first kappa shape index (κ1) is 8.58. The van der Waals surface area contributed by atoms with Crippen LogP contribution in [0.4, 0.5) is 0 Å². The fourth-order valence-electron chi connectivity index (χ4n) is 1.21. The van der Waals surface area contributed by atoms with Crippen LogP contribution in [0.5, 0.6) is 0 Å². The van der Waals surface area contributed by atoms with Gasteiger partial charge < -0.3 is 4.90 Å². The molecule has 2 heteroatoms. The van der Waals surface area contributed by atoms with Gasteiger partial charge in [0.1, 0.15) is 0 Å². The highest BCUT2D eigenvalue weighted by molar-refractivity contribution is 5.02. The van der Waals surface area contributed by atoms with Crippen molar-refractivity contribution in [2.75, 3.05) is 39.8 Å². The highest BCUT2D eigenvalue weighted by Gasteiger charge is 2.11. The molecule has 0 unspecified atom stereocenters. The third-order valence-electron chi connectivity index (χ3n) is 2.06. The third-order valence-corrected chi connectivity index (χ3v) is 2.06. The first-order valence-electron chi connectivity index (χ1n) is 4.01. The van der Waals surface area contributed by atoms with Crippen molar-refractivity contribution in [3.05, 3.63) is 6.42 Å². The van der Waals surface area contributed by atoms with Gasteiger partial charge in [0.2, 0.25) is 0 Å². The Morgan fingerprint density at radius 1 is 1.36 bits per heavy atom. The Morgan fingerprint density at radius 2 is 2.00 bits per heavy atom. The van der Waals surface area contributed by atoms with E-state index in [1.807, 2.05) is 6.42 Å². The second-order valence-corrected chi connectivity index (χ2v) is 2.97. The van der Waals surface area contributed by atoms with Gasteiger partial charge in [0.25, 0.3) is 0 Å². The van der Waals surface area contributed by atoms with Gasteiger partial charge in [-0.05, 0) is 7.05 Å². The number of rotatable bonds is 2. The summed E-state index contributed by atoms with van der Waals surface area (Å²) < 4.78 is 0. The first-order valence-corrected chi connectivity index (χ1v) is 4.01. The molecule has 1 aliphatic heterocycles. The van der Waals surface area contributed by atoms with E-state index in [0.717, 1.165) is 19.6 Å². The standard InChI is InChI=1S/C9H15N2/c1-3-4-5-11-8-6-10(2)7-9-11/h1,4H,5-9H2,2H3. The third kappa shape index (κ3) is 2.92.